The first-order valence-electron chi connectivity index (χ1n) is 9.87. The van der Waals surface area contributed by atoms with Gasteiger partial charge in [-0.15, -0.1) is 11.3 Å². The molecule has 1 atom stereocenters. The molecule has 0 unspecified atom stereocenters. The van der Waals surface area contributed by atoms with Gasteiger partial charge in [0.15, 0.2) is 0 Å². The van der Waals surface area contributed by atoms with E-state index in [2.05, 4.69) is 21.4 Å². The van der Waals surface area contributed by atoms with Crippen LogP contribution in [0.4, 0.5) is 0 Å². The molecule has 4 aromatic rings. The second-order valence-electron chi connectivity index (χ2n) is 7.38. The van der Waals surface area contributed by atoms with Crippen molar-refractivity contribution in [2.75, 3.05) is 13.1 Å². The third-order valence-electron chi connectivity index (χ3n) is 5.43. The second-order valence-corrected chi connectivity index (χ2v) is 8.42. The number of amides is 2. The molecule has 0 spiro atoms. The van der Waals surface area contributed by atoms with Gasteiger partial charge >= 0.3 is 0 Å². The van der Waals surface area contributed by atoms with E-state index >= 15 is 0 Å². The Hall–Kier alpha value is -3.39. The smallest absolute Gasteiger partial charge is 0.270 e. The molecule has 3 aromatic heterocycles. The molecule has 2 N–H and O–H groups in total. The summed E-state index contributed by atoms with van der Waals surface area (Å²) in [5, 5.41) is 6.04. The molecule has 1 aliphatic rings. The van der Waals surface area contributed by atoms with Crippen LogP contribution in [0.3, 0.4) is 0 Å². The molecule has 1 aromatic carbocycles. The minimum atomic E-state index is -0.493. The van der Waals surface area contributed by atoms with Crippen molar-refractivity contribution in [3.63, 3.8) is 0 Å². The third kappa shape index (κ3) is 3.50. The Balaban J connectivity index is 1.32. The number of thiophene rings is 1. The fourth-order valence-electron chi connectivity index (χ4n) is 3.90. The lowest BCUT2D eigenvalue weighted by Gasteiger charge is -2.33. The Bertz CT molecular complexity index is 1160. The largest absolute Gasteiger partial charge is 0.354 e. The molecule has 8 heteroatoms. The summed E-state index contributed by atoms with van der Waals surface area (Å²) < 4.78 is 1.87. The molecule has 5 rings (SSSR count). The fourth-order valence-corrected chi connectivity index (χ4v) is 4.61. The minimum absolute atomic E-state index is 0.0973. The number of aromatic amines is 1. The molecule has 30 heavy (non-hydrogen) atoms. The summed E-state index contributed by atoms with van der Waals surface area (Å²) in [5.74, 6) is -0.213. The molecule has 7 nitrogen and oxygen atoms in total. The number of hydrogen-bond donors (Lipinski definition) is 2. The first-order chi connectivity index (χ1) is 14.7. The van der Waals surface area contributed by atoms with Gasteiger partial charge in [0.05, 0.1) is 25.1 Å². The number of carbonyl (C=O) groups excluding carboxylic acids is 2. The summed E-state index contributed by atoms with van der Waals surface area (Å²) in [7, 11) is 0. The molecule has 2 amide bonds. The maximum Gasteiger partial charge on any atom is 0.270 e. The van der Waals surface area contributed by atoms with Crippen LogP contribution in [0.5, 0.6) is 0 Å². The molecular weight excluding hydrogens is 398 g/mol. The van der Waals surface area contributed by atoms with Gasteiger partial charge in [-0.3, -0.25) is 9.59 Å². The highest BCUT2D eigenvalue weighted by Gasteiger charge is 2.33. The molecule has 0 radical (unpaired) electrons. The number of carbonyl (C=O) groups is 2. The zero-order valence-corrected chi connectivity index (χ0v) is 17.1. The van der Waals surface area contributed by atoms with E-state index < -0.39 is 6.04 Å². The summed E-state index contributed by atoms with van der Waals surface area (Å²) in [5.41, 5.74) is 2.30. The van der Waals surface area contributed by atoms with Crippen molar-refractivity contribution >= 4 is 34.1 Å². The number of imidazole rings is 1. The lowest BCUT2D eigenvalue weighted by atomic mass is 10.1. The molecule has 0 saturated heterocycles. The molecule has 152 valence electrons. The topological polar surface area (TPSA) is 83.0 Å². The van der Waals surface area contributed by atoms with Gasteiger partial charge in [0, 0.05) is 28.5 Å². The van der Waals surface area contributed by atoms with Crippen molar-refractivity contribution in [2.45, 2.75) is 19.0 Å². The highest BCUT2D eigenvalue weighted by molar-refractivity contribution is 7.09. The van der Waals surface area contributed by atoms with Crippen molar-refractivity contribution in [3.8, 4) is 0 Å². The van der Waals surface area contributed by atoms with Gasteiger partial charge in [-0.1, -0.05) is 24.3 Å². The highest BCUT2D eigenvalue weighted by Crippen LogP contribution is 2.24. The molecule has 1 aliphatic heterocycles. The first-order valence-corrected chi connectivity index (χ1v) is 10.7. The highest BCUT2D eigenvalue weighted by atomic mass is 32.1. The Morgan fingerprint density at radius 1 is 1.23 bits per heavy atom. The zero-order valence-electron chi connectivity index (χ0n) is 16.2. The van der Waals surface area contributed by atoms with Gasteiger partial charge in [-0.05, 0) is 30.0 Å². The summed E-state index contributed by atoms with van der Waals surface area (Å²) in [6.07, 6.45) is 4.19. The standard InChI is InChI=1S/C22H21N5O2S/c28-21(24-8-7-17-5-3-9-30-17)20-13-26(12-16-11-23-14-27(16)20)22(29)19-10-15-4-1-2-6-18(15)25-19/h1-6,9-11,14,20,25H,7-8,12-13H2,(H,24,28)/t20-/m0/s1. The number of hydrogen-bond acceptors (Lipinski definition) is 4. The predicted octanol–water partition coefficient (Wildman–Crippen LogP) is 2.98. The number of H-pyrrole nitrogens is 1. The number of aromatic nitrogens is 3. The Morgan fingerprint density at radius 3 is 2.97 bits per heavy atom. The van der Waals surface area contributed by atoms with Crippen LogP contribution in [0.15, 0.2) is 60.4 Å². The van der Waals surface area contributed by atoms with Crippen LogP contribution >= 0.6 is 11.3 Å². The van der Waals surface area contributed by atoms with E-state index in [4.69, 9.17) is 0 Å². The quantitative estimate of drug-likeness (QED) is 0.522. The van der Waals surface area contributed by atoms with Gasteiger partial charge in [0.25, 0.3) is 5.91 Å². The van der Waals surface area contributed by atoms with E-state index in [0.29, 0.717) is 25.3 Å². The number of rotatable bonds is 5. The van der Waals surface area contributed by atoms with Crippen molar-refractivity contribution in [3.05, 3.63) is 76.6 Å². The summed E-state index contributed by atoms with van der Waals surface area (Å²) >= 11 is 1.68. The van der Waals surface area contributed by atoms with E-state index in [1.165, 1.54) is 4.88 Å². The maximum atomic E-state index is 13.2. The average molecular weight is 420 g/mol. The minimum Gasteiger partial charge on any atom is -0.354 e. The van der Waals surface area contributed by atoms with Gasteiger partial charge in [0.2, 0.25) is 5.91 Å². The van der Waals surface area contributed by atoms with Crippen molar-refractivity contribution < 1.29 is 9.59 Å². The Morgan fingerprint density at radius 2 is 2.13 bits per heavy atom. The average Bonchev–Trinajstić information content (AvgIpc) is 3.52. The SMILES string of the molecule is O=C(NCCc1cccs1)[C@@H]1CN(C(=O)c2cc3ccccc3[nH]2)Cc2cncn21. The van der Waals surface area contributed by atoms with Crippen LogP contribution < -0.4 is 5.32 Å². The maximum absolute atomic E-state index is 13.2. The zero-order chi connectivity index (χ0) is 20.5. The third-order valence-corrected chi connectivity index (χ3v) is 6.37. The second kappa shape index (κ2) is 7.79. The van der Waals surface area contributed by atoms with Crippen LogP contribution in [-0.4, -0.2) is 44.3 Å². The number of nitrogens with one attached hydrogen (secondary N) is 2. The van der Waals surface area contributed by atoms with Gasteiger partial charge in [0.1, 0.15) is 11.7 Å². The van der Waals surface area contributed by atoms with Crippen molar-refractivity contribution in [1.29, 1.82) is 0 Å². The molecule has 0 fully saturated rings. The van der Waals surface area contributed by atoms with Crippen LogP contribution in [0, 0.1) is 0 Å². The van der Waals surface area contributed by atoms with Crippen molar-refractivity contribution in [2.24, 2.45) is 0 Å². The van der Waals surface area contributed by atoms with Crippen LogP contribution in [0.25, 0.3) is 10.9 Å². The molecule has 4 heterocycles. The van der Waals surface area contributed by atoms with Crippen LogP contribution in [0.1, 0.15) is 27.1 Å². The van der Waals surface area contributed by atoms with Crippen LogP contribution in [-0.2, 0) is 17.8 Å². The lowest BCUT2D eigenvalue weighted by molar-refractivity contribution is -0.125. The number of para-hydroxylation sites is 1. The number of nitrogens with zero attached hydrogens (tertiary/aromatic N) is 3. The van der Waals surface area contributed by atoms with E-state index in [0.717, 1.165) is 23.0 Å². The molecule has 0 saturated carbocycles. The van der Waals surface area contributed by atoms with Gasteiger partial charge in [-0.2, -0.15) is 0 Å². The fraction of sp³-hybridized carbons (Fsp3) is 0.227. The number of fused-ring (bicyclic) bond motifs is 2. The van der Waals surface area contributed by atoms with Crippen molar-refractivity contribution in [1.82, 2.24) is 24.8 Å². The molecular formula is C22H21N5O2S. The summed E-state index contributed by atoms with van der Waals surface area (Å²) in [4.78, 5) is 36.4. The van der Waals surface area contributed by atoms with Gasteiger partial charge < -0.3 is 19.8 Å². The van der Waals surface area contributed by atoms with E-state index in [9.17, 15) is 9.59 Å². The predicted molar refractivity (Wildman–Crippen MR) is 115 cm³/mol. The Labute approximate surface area is 177 Å². The summed E-state index contributed by atoms with van der Waals surface area (Å²) in [6.45, 7) is 1.30. The first kappa shape index (κ1) is 18.6. The van der Waals surface area contributed by atoms with E-state index in [1.807, 2.05) is 46.3 Å². The molecule has 0 bridgehead atoms. The summed E-state index contributed by atoms with van der Waals surface area (Å²) in [6, 6.07) is 13.2. The van der Waals surface area contributed by atoms with E-state index in [-0.39, 0.29) is 11.8 Å². The Kier molecular flexibility index (Phi) is 4.84. The van der Waals surface area contributed by atoms with Crippen LogP contribution in [0.2, 0.25) is 0 Å². The number of benzene rings is 1. The normalized spacial score (nSPS) is 15.9. The van der Waals surface area contributed by atoms with E-state index in [1.54, 1.807) is 28.8 Å². The van der Waals surface area contributed by atoms with Gasteiger partial charge in [-0.25, -0.2) is 4.98 Å². The monoisotopic (exact) mass is 419 g/mol. The lowest BCUT2D eigenvalue weighted by Crippen LogP contribution is -2.46. The molecule has 0 aliphatic carbocycles.